The molecule has 1 heterocycles. The van der Waals surface area contributed by atoms with Gasteiger partial charge in [-0.15, -0.1) is 0 Å². The predicted octanol–water partition coefficient (Wildman–Crippen LogP) is 3.38. The molecule has 0 saturated heterocycles. The van der Waals surface area contributed by atoms with Crippen molar-refractivity contribution in [2.75, 3.05) is 18.5 Å². The van der Waals surface area contributed by atoms with E-state index < -0.39 is 0 Å². The fourth-order valence-electron chi connectivity index (χ4n) is 2.32. The van der Waals surface area contributed by atoms with Gasteiger partial charge < -0.3 is 15.4 Å². The van der Waals surface area contributed by atoms with Crippen molar-refractivity contribution in [3.8, 4) is 11.4 Å². The molecule has 1 aromatic heterocycles. The molecule has 2 N–H and O–H groups in total. The number of urea groups is 1. The molecule has 6 nitrogen and oxygen atoms in total. The Morgan fingerprint density at radius 1 is 1.12 bits per heavy atom. The Morgan fingerprint density at radius 3 is 2.68 bits per heavy atom. The van der Waals surface area contributed by atoms with Gasteiger partial charge in [0.15, 0.2) is 0 Å². The molecule has 0 aliphatic heterocycles. The van der Waals surface area contributed by atoms with Crippen LogP contribution in [0.25, 0.3) is 5.69 Å². The van der Waals surface area contributed by atoms with Gasteiger partial charge in [-0.1, -0.05) is 29.8 Å². The lowest BCUT2D eigenvalue weighted by atomic mass is 10.2. The molecule has 0 spiro atoms. The standard InChI is InChI=1S/C19H20N4O2/c1-15-7-9-16(10-8-15)25-14-12-20-19(24)22-17-5-2-3-6-18(17)23-13-4-11-21-23/h2-11,13H,12,14H2,1H3,(H2,20,22,24). The second-order valence-corrected chi connectivity index (χ2v) is 5.51. The number of carbonyl (C=O) groups is 1. The maximum absolute atomic E-state index is 12.1. The van der Waals surface area contributed by atoms with Crippen LogP contribution < -0.4 is 15.4 Å². The van der Waals surface area contributed by atoms with Crippen molar-refractivity contribution in [2.45, 2.75) is 6.92 Å². The summed E-state index contributed by atoms with van der Waals surface area (Å²) < 4.78 is 7.29. The largest absolute Gasteiger partial charge is 0.492 e. The van der Waals surface area contributed by atoms with Gasteiger partial charge in [0.1, 0.15) is 12.4 Å². The molecule has 0 bridgehead atoms. The summed E-state index contributed by atoms with van der Waals surface area (Å²) in [4.78, 5) is 12.1. The summed E-state index contributed by atoms with van der Waals surface area (Å²) in [5, 5.41) is 9.81. The number of ether oxygens (including phenoxy) is 1. The quantitative estimate of drug-likeness (QED) is 0.678. The van der Waals surface area contributed by atoms with Crippen LogP contribution in [0.5, 0.6) is 5.75 Å². The third kappa shape index (κ3) is 4.60. The Hall–Kier alpha value is -3.28. The van der Waals surface area contributed by atoms with E-state index in [1.165, 1.54) is 5.56 Å². The monoisotopic (exact) mass is 336 g/mol. The summed E-state index contributed by atoms with van der Waals surface area (Å²) in [5.41, 5.74) is 2.67. The number of aryl methyl sites for hydroxylation is 1. The SMILES string of the molecule is Cc1ccc(OCCNC(=O)Nc2ccccc2-n2cccn2)cc1. The predicted molar refractivity (Wildman–Crippen MR) is 97.3 cm³/mol. The van der Waals surface area contributed by atoms with E-state index in [0.29, 0.717) is 18.8 Å². The van der Waals surface area contributed by atoms with Crippen molar-refractivity contribution in [1.82, 2.24) is 15.1 Å². The third-order valence-corrected chi connectivity index (χ3v) is 3.58. The lowest BCUT2D eigenvalue weighted by Crippen LogP contribution is -2.32. The molecule has 0 aliphatic rings. The number of aromatic nitrogens is 2. The molecular formula is C19H20N4O2. The number of amides is 2. The van der Waals surface area contributed by atoms with Crippen molar-refractivity contribution in [3.05, 3.63) is 72.6 Å². The molecule has 0 radical (unpaired) electrons. The van der Waals surface area contributed by atoms with Gasteiger partial charge in [0.25, 0.3) is 0 Å². The number of rotatable bonds is 6. The van der Waals surface area contributed by atoms with Crippen molar-refractivity contribution in [3.63, 3.8) is 0 Å². The minimum absolute atomic E-state index is 0.285. The molecular weight excluding hydrogens is 316 g/mol. The number of nitrogens with zero attached hydrogens (tertiary/aromatic N) is 2. The van der Waals surface area contributed by atoms with Crippen molar-refractivity contribution < 1.29 is 9.53 Å². The van der Waals surface area contributed by atoms with Gasteiger partial charge >= 0.3 is 6.03 Å². The highest BCUT2D eigenvalue weighted by atomic mass is 16.5. The smallest absolute Gasteiger partial charge is 0.319 e. The lowest BCUT2D eigenvalue weighted by Gasteiger charge is -2.12. The van der Waals surface area contributed by atoms with E-state index in [0.717, 1.165) is 11.4 Å². The fourth-order valence-corrected chi connectivity index (χ4v) is 2.32. The van der Waals surface area contributed by atoms with Crippen LogP contribution >= 0.6 is 0 Å². The summed E-state index contributed by atoms with van der Waals surface area (Å²) in [6, 6.07) is 16.8. The minimum Gasteiger partial charge on any atom is -0.492 e. The zero-order valence-corrected chi connectivity index (χ0v) is 14.0. The van der Waals surface area contributed by atoms with E-state index in [1.807, 2.05) is 67.7 Å². The minimum atomic E-state index is -0.285. The van der Waals surface area contributed by atoms with Gasteiger partial charge in [-0.2, -0.15) is 5.10 Å². The molecule has 3 aromatic rings. The lowest BCUT2D eigenvalue weighted by molar-refractivity contribution is 0.247. The first-order chi connectivity index (χ1) is 12.2. The Morgan fingerprint density at radius 2 is 1.92 bits per heavy atom. The molecule has 0 saturated carbocycles. The summed E-state index contributed by atoms with van der Waals surface area (Å²) in [5.74, 6) is 0.789. The zero-order chi connectivity index (χ0) is 17.5. The first-order valence-corrected chi connectivity index (χ1v) is 8.06. The Kier molecular flexibility index (Phi) is 5.31. The van der Waals surface area contributed by atoms with Crippen LogP contribution in [0.15, 0.2) is 67.0 Å². The Labute approximate surface area is 146 Å². The Balaban J connectivity index is 1.49. The maximum atomic E-state index is 12.1. The van der Waals surface area contributed by atoms with Gasteiger partial charge in [0.2, 0.25) is 0 Å². The van der Waals surface area contributed by atoms with Crippen LogP contribution in [0.2, 0.25) is 0 Å². The molecule has 0 fully saturated rings. The number of hydrogen-bond donors (Lipinski definition) is 2. The summed E-state index contributed by atoms with van der Waals surface area (Å²) in [6.07, 6.45) is 3.52. The highest BCUT2D eigenvalue weighted by Gasteiger charge is 2.07. The number of anilines is 1. The molecule has 6 heteroatoms. The third-order valence-electron chi connectivity index (χ3n) is 3.58. The number of nitrogens with one attached hydrogen (secondary N) is 2. The van der Waals surface area contributed by atoms with Crippen LogP contribution in [0.1, 0.15) is 5.56 Å². The fraction of sp³-hybridized carbons (Fsp3) is 0.158. The van der Waals surface area contributed by atoms with Gasteiger partial charge in [-0.25, -0.2) is 9.48 Å². The van der Waals surface area contributed by atoms with Gasteiger partial charge in [-0.05, 0) is 37.3 Å². The first kappa shape index (κ1) is 16.6. The summed E-state index contributed by atoms with van der Waals surface area (Å²) in [7, 11) is 0. The van der Waals surface area contributed by atoms with Crippen LogP contribution in [-0.4, -0.2) is 29.0 Å². The second-order valence-electron chi connectivity index (χ2n) is 5.51. The van der Waals surface area contributed by atoms with E-state index in [1.54, 1.807) is 10.9 Å². The van der Waals surface area contributed by atoms with Crippen molar-refractivity contribution >= 4 is 11.7 Å². The molecule has 2 aromatic carbocycles. The number of para-hydroxylation sites is 2. The van der Waals surface area contributed by atoms with Crippen molar-refractivity contribution in [1.29, 1.82) is 0 Å². The van der Waals surface area contributed by atoms with Crippen molar-refractivity contribution in [2.24, 2.45) is 0 Å². The first-order valence-electron chi connectivity index (χ1n) is 8.06. The number of benzene rings is 2. The molecule has 25 heavy (non-hydrogen) atoms. The molecule has 128 valence electrons. The zero-order valence-electron chi connectivity index (χ0n) is 14.0. The molecule has 2 amide bonds. The van der Waals surface area contributed by atoms with Gasteiger partial charge in [0.05, 0.1) is 17.9 Å². The van der Waals surface area contributed by atoms with E-state index in [-0.39, 0.29) is 6.03 Å². The molecule has 0 atom stereocenters. The number of hydrogen-bond acceptors (Lipinski definition) is 3. The molecule has 0 aliphatic carbocycles. The van der Waals surface area contributed by atoms with Crippen LogP contribution in [0, 0.1) is 6.92 Å². The average molecular weight is 336 g/mol. The summed E-state index contributed by atoms with van der Waals surface area (Å²) in [6.45, 7) is 2.83. The second kappa shape index (κ2) is 8.01. The average Bonchev–Trinajstić information content (AvgIpc) is 3.15. The van der Waals surface area contributed by atoms with E-state index >= 15 is 0 Å². The van der Waals surface area contributed by atoms with Gasteiger partial charge in [-0.3, -0.25) is 0 Å². The molecule has 0 unspecified atom stereocenters. The van der Waals surface area contributed by atoms with E-state index in [9.17, 15) is 4.79 Å². The topological polar surface area (TPSA) is 68.2 Å². The maximum Gasteiger partial charge on any atom is 0.319 e. The highest BCUT2D eigenvalue weighted by molar-refractivity contribution is 5.91. The Bertz CT molecular complexity index is 814. The van der Waals surface area contributed by atoms with Crippen LogP contribution in [0.4, 0.5) is 10.5 Å². The molecule has 3 rings (SSSR count). The van der Waals surface area contributed by atoms with Gasteiger partial charge in [0, 0.05) is 12.4 Å². The highest BCUT2D eigenvalue weighted by Crippen LogP contribution is 2.18. The van der Waals surface area contributed by atoms with E-state index in [2.05, 4.69) is 15.7 Å². The van der Waals surface area contributed by atoms with Crippen LogP contribution in [-0.2, 0) is 0 Å². The normalized spacial score (nSPS) is 10.3. The number of carbonyl (C=O) groups excluding carboxylic acids is 1. The van der Waals surface area contributed by atoms with Crippen LogP contribution in [0.3, 0.4) is 0 Å². The van der Waals surface area contributed by atoms with E-state index in [4.69, 9.17) is 4.74 Å². The summed E-state index contributed by atoms with van der Waals surface area (Å²) >= 11 is 0.